The molecule has 5 heteroatoms. The highest BCUT2D eigenvalue weighted by Crippen LogP contribution is 2.36. The van der Waals surface area contributed by atoms with Gasteiger partial charge in [-0.15, -0.1) is 11.3 Å². The highest BCUT2D eigenvalue weighted by Gasteiger charge is 2.33. The molecule has 0 unspecified atom stereocenters. The number of amides is 1. The maximum absolute atomic E-state index is 13.0. The molecular formula is C23H31N3OS. The topological polar surface area (TPSA) is 36.4 Å². The van der Waals surface area contributed by atoms with Gasteiger partial charge in [-0.3, -0.25) is 9.69 Å². The Morgan fingerprint density at radius 2 is 1.86 bits per heavy atom. The molecule has 5 rings (SSSR count). The zero-order valence-corrected chi connectivity index (χ0v) is 17.5. The molecule has 0 bridgehead atoms. The van der Waals surface area contributed by atoms with Crippen molar-refractivity contribution in [1.29, 1.82) is 0 Å². The maximum Gasteiger partial charge on any atom is 0.236 e. The van der Waals surface area contributed by atoms with Gasteiger partial charge < -0.3 is 4.90 Å². The number of benzene rings is 1. The average Bonchev–Trinajstić information content (AvgIpc) is 3.18. The van der Waals surface area contributed by atoms with Crippen LogP contribution in [0.2, 0.25) is 0 Å². The van der Waals surface area contributed by atoms with Gasteiger partial charge in [-0.1, -0.05) is 31.4 Å². The number of aromatic nitrogens is 1. The lowest BCUT2D eigenvalue weighted by atomic mass is 9.75. The first-order chi connectivity index (χ1) is 13.8. The maximum atomic E-state index is 13.0. The van der Waals surface area contributed by atoms with Crippen LogP contribution >= 0.6 is 11.3 Å². The molecule has 1 saturated carbocycles. The quantitative estimate of drug-likeness (QED) is 0.764. The summed E-state index contributed by atoms with van der Waals surface area (Å²) in [5.74, 6) is 2.50. The average molecular weight is 398 g/mol. The predicted octanol–water partition coefficient (Wildman–Crippen LogP) is 4.51. The zero-order valence-electron chi connectivity index (χ0n) is 16.7. The van der Waals surface area contributed by atoms with E-state index >= 15 is 0 Å². The number of carbonyl (C=O) groups excluding carboxylic acids is 1. The van der Waals surface area contributed by atoms with Crippen molar-refractivity contribution in [3.63, 3.8) is 0 Å². The molecule has 2 aromatic rings. The van der Waals surface area contributed by atoms with Gasteiger partial charge in [0.2, 0.25) is 5.91 Å². The van der Waals surface area contributed by atoms with E-state index < -0.39 is 0 Å². The summed E-state index contributed by atoms with van der Waals surface area (Å²) >= 11 is 1.81. The minimum atomic E-state index is 0.333. The second-order valence-electron chi connectivity index (χ2n) is 9.03. The molecular weight excluding hydrogens is 366 g/mol. The summed E-state index contributed by atoms with van der Waals surface area (Å²) in [6, 6.07) is 8.38. The number of rotatable bonds is 3. The highest BCUT2D eigenvalue weighted by molar-refractivity contribution is 7.18. The fourth-order valence-corrected chi connectivity index (χ4v) is 6.67. The summed E-state index contributed by atoms with van der Waals surface area (Å²) in [6.07, 6.45) is 9.14. The molecule has 0 radical (unpaired) electrons. The van der Waals surface area contributed by atoms with E-state index in [0.29, 0.717) is 18.4 Å². The molecule has 2 saturated heterocycles. The molecule has 1 aliphatic carbocycles. The van der Waals surface area contributed by atoms with Gasteiger partial charge in [0.15, 0.2) is 0 Å². The molecule has 1 aromatic heterocycles. The van der Waals surface area contributed by atoms with Crippen molar-refractivity contribution in [2.45, 2.75) is 50.9 Å². The number of hydrogen-bond donors (Lipinski definition) is 0. The molecule has 0 N–H and O–H groups in total. The molecule has 2 aliphatic heterocycles. The van der Waals surface area contributed by atoms with E-state index in [2.05, 4.69) is 34.1 Å². The van der Waals surface area contributed by atoms with E-state index in [1.807, 2.05) is 0 Å². The third-order valence-corrected chi connectivity index (χ3v) is 8.37. The van der Waals surface area contributed by atoms with E-state index in [1.165, 1.54) is 41.8 Å². The lowest BCUT2D eigenvalue weighted by Gasteiger charge is -2.42. The van der Waals surface area contributed by atoms with Crippen LogP contribution in [0.25, 0.3) is 10.2 Å². The van der Waals surface area contributed by atoms with Crippen molar-refractivity contribution in [2.24, 2.45) is 11.8 Å². The predicted molar refractivity (Wildman–Crippen MR) is 115 cm³/mol. The van der Waals surface area contributed by atoms with Crippen LogP contribution in [0.15, 0.2) is 24.3 Å². The zero-order chi connectivity index (χ0) is 18.9. The Hall–Kier alpha value is -1.46. The number of para-hydroxylation sites is 1. The summed E-state index contributed by atoms with van der Waals surface area (Å²) in [5.41, 5.74) is 1.10. The second kappa shape index (κ2) is 8.11. The van der Waals surface area contributed by atoms with Gasteiger partial charge in [-0.25, -0.2) is 4.98 Å². The molecule has 4 nitrogen and oxygen atoms in total. The molecule has 3 heterocycles. The molecule has 1 aromatic carbocycles. The number of hydrogen-bond acceptors (Lipinski definition) is 4. The van der Waals surface area contributed by atoms with Crippen LogP contribution in [0.5, 0.6) is 0 Å². The van der Waals surface area contributed by atoms with Crippen LogP contribution < -0.4 is 0 Å². The molecule has 0 spiro atoms. The van der Waals surface area contributed by atoms with E-state index in [-0.39, 0.29) is 0 Å². The molecule has 3 aliphatic rings. The molecule has 28 heavy (non-hydrogen) atoms. The van der Waals surface area contributed by atoms with E-state index in [1.54, 1.807) is 11.3 Å². The van der Waals surface area contributed by atoms with Crippen LogP contribution in [0, 0.1) is 11.8 Å². The lowest BCUT2D eigenvalue weighted by molar-refractivity contribution is -0.134. The summed E-state index contributed by atoms with van der Waals surface area (Å²) in [7, 11) is 0. The van der Waals surface area contributed by atoms with E-state index in [0.717, 1.165) is 56.4 Å². The van der Waals surface area contributed by atoms with Crippen LogP contribution in [0.4, 0.5) is 0 Å². The smallest absolute Gasteiger partial charge is 0.236 e. The number of piperidine rings is 2. The van der Waals surface area contributed by atoms with Gasteiger partial charge in [0.25, 0.3) is 0 Å². The van der Waals surface area contributed by atoms with Gasteiger partial charge in [0, 0.05) is 25.6 Å². The van der Waals surface area contributed by atoms with Crippen molar-refractivity contribution in [3.8, 4) is 0 Å². The number of fused-ring (bicyclic) bond motifs is 2. The minimum Gasteiger partial charge on any atom is -0.341 e. The fourth-order valence-electron chi connectivity index (χ4n) is 5.58. The van der Waals surface area contributed by atoms with Crippen molar-refractivity contribution in [3.05, 3.63) is 29.3 Å². The normalized spacial score (nSPS) is 29.0. The summed E-state index contributed by atoms with van der Waals surface area (Å²) < 4.78 is 1.26. The Labute approximate surface area is 171 Å². The van der Waals surface area contributed by atoms with Crippen molar-refractivity contribution >= 4 is 27.5 Å². The van der Waals surface area contributed by atoms with Gasteiger partial charge in [-0.05, 0) is 56.2 Å². The first-order valence-corrected chi connectivity index (χ1v) is 11.9. The summed E-state index contributed by atoms with van der Waals surface area (Å²) in [6.45, 7) is 4.64. The van der Waals surface area contributed by atoms with Crippen LogP contribution in [-0.4, -0.2) is 53.4 Å². The fraction of sp³-hybridized carbons (Fsp3) is 0.652. The highest BCUT2D eigenvalue weighted by atomic mass is 32.1. The number of nitrogens with zero attached hydrogens (tertiary/aromatic N) is 3. The molecule has 3 fully saturated rings. The molecule has 3 atom stereocenters. The van der Waals surface area contributed by atoms with Gasteiger partial charge in [0.05, 0.1) is 21.8 Å². The van der Waals surface area contributed by atoms with Crippen LogP contribution in [-0.2, 0) is 4.79 Å². The van der Waals surface area contributed by atoms with Crippen LogP contribution in [0.1, 0.15) is 55.9 Å². The van der Waals surface area contributed by atoms with Crippen molar-refractivity contribution in [1.82, 2.24) is 14.8 Å². The first kappa shape index (κ1) is 18.6. The lowest BCUT2D eigenvalue weighted by Crippen LogP contribution is -2.48. The van der Waals surface area contributed by atoms with Crippen molar-refractivity contribution < 1.29 is 4.79 Å². The summed E-state index contributed by atoms with van der Waals surface area (Å²) in [4.78, 5) is 22.5. The number of carbonyl (C=O) groups is 1. The summed E-state index contributed by atoms with van der Waals surface area (Å²) in [5, 5.41) is 1.21. The minimum absolute atomic E-state index is 0.333. The Morgan fingerprint density at radius 3 is 2.75 bits per heavy atom. The largest absolute Gasteiger partial charge is 0.341 e. The van der Waals surface area contributed by atoms with Gasteiger partial charge in [-0.2, -0.15) is 0 Å². The number of likely N-dealkylation sites (tertiary alicyclic amines) is 2. The van der Waals surface area contributed by atoms with Gasteiger partial charge in [0.1, 0.15) is 0 Å². The Balaban J connectivity index is 1.20. The Bertz CT molecular complexity index is 801. The first-order valence-electron chi connectivity index (χ1n) is 11.1. The van der Waals surface area contributed by atoms with E-state index in [9.17, 15) is 4.79 Å². The monoisotopic (exact) mass is 397 g/mol. The third kappa shape index (κ3) is 3.84. The molecule has 1 amide bonds. The Kier molecular flexibility index (Phi) is 5.38. The van der Waals surface area contributed by atoms with Gasteiger partial charge >= 0.3 is 0 Å². The van der Waals surface area contributed by atoms with Crippen LogP contribution in [0.3, 0.4) is 0 Å². The van der Waals surface area contributed by atoms with E-state index in [4.69, 9.17) is 4.98 Å². The Morgan fingerprint density at radius 1 is 1.00 bits per heavy atom. The molecule has 150 valence electrons. The number of thiazole rings is 1. The van der Waals surface area contributed by atoms with Crippen molar-refractivity contribution in [2.75, 3.05) is 32.7 Å². The standard InChI is InChI=1S/C23H31N3OS/c27-22(16-25-13-11-17-6-1-2-7-18(17)14-25)26-12-5-8-19(15-26)23-24-20-9-3-4-10-21(20)28-23/h3-4,9-10,17-19H,1-2,5-8,11-16H2/t17-,18+,19+/m0/s1. The SMILES string of the molecule is O=C(CN1CC[C@@H]2CCCC[C@@H]2C1)N1CCC[C@@H](c2nc3ccccc3s2)C1. The third-order valence-electron chi connectivity index (χ3n) is 7.17. The second-order valence-corrected chi connectivity index (χ2v) is 10.1.